The van der Waals surface area contributed by atoms with Gasteiger partial charge in [0.05, 0.1) is 14.2 Å². The summed E-state index contributed by atoms with van der Waals surface area (Å²) in [5, 5.41) is 29.0. The molecule has 0 heterocycles. The van der Waals surface area contributed by atoms with Crippen LogP contribution in [0.2, 0.25) is 0 Å². The third-order valence-corrected chi connectivity index (χ3v) is 6.96. The number of allylic oxidation sites excluding steroid dienone is 3. The van der Waals surface area contributed by atoms with E-state index in [1.165, 1.54) is 74.0 Å². The molecule has 3 N–H and O–H groups in total. The second-order valence-electron chi connectivity index (χ2n) is 9.25. The molecule has 0 saturated heterocycles. The average molecular weight is 667 g/mol. The molecule has 3 rings (SSSR count). The van der Waals surface area contributed by atoms with Gasteiger partial charge in [-0.1, -0.05) is 65.8 Å². The van der Waals surface area contributed by atoms with Crippen molar-refractivity contribution < 1.29 is 61.5 Å². The number of aliphatic hydroxyl groups is 1. The van der Waals surface area contributed by atoms with E-state index in [-0.39, 0.29) is 49.1 Å². The number of ketones is 1. The van der Waals surface area contributed by atoms with Crippen LogP contribution in [0.25, 0.3) is 12.2 Å². The minimum atomic E-state index is -0.410. The van der Waals surface area contributed by atoms with Crippen molar-refractivity contribution in [2.45, 2.75) is 41.5 Å². The molecule has 2 aromatic carbocycles. The molecule has 1 aliphatic rings. The van der Waals surface area contributed by atoms with Crippen LogP contribution < -0.4 is 21.9 Å². The smallest absolute Gasteiger partial charge is 1.00 e. The first-order valence-electron chi connectivity index (χ1n) is 12.5. The van der Waals surface area contributed by atoms with E-state index >= 15 is 0 Å². The van der Waals surface area contributed by atoms with Crippen LogP contribution in [0.3, 0.4) is 0 Å². The van der Waals surface area contributed by atoms with Crippen molar-refractivity contribution in [3.63, 3.8) is 0 Å². The van der Waals surface area contributed by atoms with Gasteiger partial charge in [-0.05, 0) is 83.1 Å². The van der Waals surface area contributed by atoms with E-state index in [0.717, 1.165) is 6.08 Å². The SMILES string of the molecule is COc1cc(/C=C/C(=O)/C=C(O)/C=C/c2ccc(O)c(OC)c2)ccc1O.C[C]1[C](C)[C](C)[C](C)[C](C)[C]1C.[Cl-].[Ru+2]. The van der Waals surface area contributed by atoms with Crippen LogP contribution in [0.15, 0.2) is 60.4 Å². The number of methoxy groups -OCH3 is 2. The summed E-state index contributed by atoms with van der Waals surface area (Å²) in [6.07, 6.45) is 6.85. The summed E-state index contributed by atoms with van der Waals surface area (Å²) in [5.41, 5.74) is 1.35. The average Bonchev–Trinajstić information content (AvgIpc) is 2.93. The second-order valence-corrected chi connectivity index (χ2v) is 9.25. The molecule has 6 radical (unpaired) electrons. The summed E-state index contributed by atoms with van der Waals surface area (Å²) in [6.45, 7) is 13.3. The van der Waals surface area contributed by atoms with Gasteiger partial charge in [0.25, 0.3) is 0 Å². The molecule has 0 unspecified atom stereocenters. The number of phenols is 2. The molecule has 0 bridgehead atoms. The number of aromatic hydroxyl groups is 2. The zero-order valence-corrected chi connectivity index (χ0v) is 27.1. The molecular formula is C33H38ClO6Ru+. The first-order chi connectivity index (χ1) is 18.4. The molecule has 1 saturated carbocycles. The second kappa shape index (κ2) is 17.9. The predicted octanol–water partition coefficient (Wildman–Crippen LogP) is 4.42. The number of benzene rings is 2. The number of hydrogen-bond donors (Lipinski definition) is 3. The van der Waals surface area contributed by atoms with E-state index in [9.17, 15) is 20.1 Å². The minimum Gasteiger partial charge on any atom is -1.00 e. The van der Waals surface area contributed by atoms with E-state index in [0.29, 0.717) is 22.6 Å². The van der Waals surface area contributed by atoms with E-state index in [4.69, 9.17) is 9.47 Å². The maximum atomic E-state index is 11.9. The molecule has 6 nitrogen and oxygen atoms in total. The van der Waals surface area contributed by atoms with E-state index < -0.39 is 5.78 Å². The Bertz CT molecular complexity index is 1150. The van der Waals surface area contributed by atoms with Crippen molar-refractivity contribution in [2.75, 3.05) is 14.2 Å². The molecule has 41 heavy (non-hydrogen) atoms. The number of aliphatic hydroxyl groups excluding tert-OH is 1. The molecule has 1 fully saturated rings. The number of carbonyl (C=O) groups is 1. The van der Waals surface area contributed by atoms with Crippen LogP contribution in [-0.2, 0) is 24.3 Å². The summed E-state index contributed by atoms with van der Waals surface area (Å²) in [6, 6.07) is 9.38. The molecular weight excluding hydrogens is 629 g/mol. The van der Waals surface area contributed by atoms with Gasteiger partial charge in [0.1, 0.15) is 5.76 Å². The van der Waals surface area contributed by atoms with Crippen LogP contribution in [-0.4, -0.2) is 35.3 Å². The molecule has 8 heteroatoms. The normalized spacial score (nSPS) is 16.1. The predicted molar refractivity (Wildman–Crippen MR) is 157 cm³/mol. The van der Waals surface area contributed by atoms with Crippen LogP contribution in [0, 0.1) is 35.5 Å². The van der Waals surface area contributed by atoms with Gasteiger partial charge in [0, 0.05) is 6.08 Å². The van der Waals surface area contributed by atoms with Crippen LogP contribution in [0.5, 0.6) is 23.0 Å². The Kier molecular flexibility index (Phi) is 16.7. The summed E-state index contributed by atoms with van der Waals surface area (Å²) in [5.74, 6) is 8.73. The number of rotatable bonds is 7. The maximum Gasteiger partial charge on any atom is 2.00 e. The number of halogens is 1. The fourth-order valence-corrected chi connectivity index (χ4v) is 3.89. The van der Waals surface area contributed by atoms with E-state index in [1.54, 1.807) is 36.4 Å². The van der Waals surface area contributed by atoms with Crippen molar-refractivity contribution in [1.82, 2.24) is 0 Å². The first-order valence-corrected chi connectivity index (χ1v) is 12.5. The number of ether oxygens (including phenoxy) is 2. The van der Waals surface area contributed by atoms with Crippen molar-refractivity contribution >= 4 is 17.9 Å². The Morgan fingerprint density at radius 3 is 1.34 bits per heavy atom. The van der Waals surface area contributed by atoms with E-state index in [1.807, 2.05) is 0 Å². The fourth-order valence-electron chi connectivity index (χ4n) is 3.89. The molecule has 2 aromatic rings. The molecule has 0 aliphatic heterocycles. The zero-order valence-electron chi connectivity index (χ0n) is 24.6. The Hall–Kier alpha value is -2.76. The quantitative estimate of drug-likeness (QED) is 0.175. The van der Waals surface area contributed by atoms with Gasteiger partial charge in [0.15, 0.2) is 28.8 Å². The Morgan fingerprint density at radius 2 is 1.00 bits per heavy atom. The van der Waals surface area contributed by atoms with Crippen LogP contribution in [0.1, 0.15) is 52.7 Å². The number of phenolic OH excluding ortho intramolecular Hbond substituents is 2. The molecule has 0 spiro atoms. The van der Waals surface area contributed by atoms with Crippen LogP contribution >= 0.6 is 0 Å². The van der Waals surface area contributed by atoms with Gasteiger partial charge in [0.2, 0.25) is 0 Å². The Labute approximate surface area is 264 Å². The summed E-state index contributed by atoms with van der Waals surface area (Å²) in [7, 11) is 2.87. The third kappa shape index (κ3) is 10.9. The monoisotopic (exact) mass is 667 g/mol. The van der Waals surface area contributed by atoms with Gasteiger partial charge in [-0.2, -0.15) is 0 Å². The molecule has 0 atom stereocenters. The van der Waals surface area contributed by atoms with Gasteiger partial charge >= 0.3 is 19.5 Å². The topological polar surface area (TPSA) is 96.2 Å². The van der Waals surface area contributed by atoms with Crippen molar-refractivity contribution in [1.29, 1.82) is 0 Å². The molecule has 0 aromatic heterocycles. The summed E-state index contributed by atoms with van der Waals surface area (Å²) >= 11 is 0. The molecule has 1 aliphatic carbocycles. The number of carbonyl (C=O) groups excluding carboxylic acids is 1. The first kappa shape index (κ1) is 38.2. The van der Waals surface area contributed by atoms with E-state index in [2.05, 4.69) is 41.5 Å². The summed E-state index contributed by atoms with van der Waals surface area (Å²) < 4.78 is 10.0. The van der Waals surface area contributed by atoms with Gasteiger partial charge in [-0.3, -0.25) is 4.79 Å². The fraction of sp³-hybridized carbons (Fsp3) is 0.242. The van der Waals surface area contributed by atoms with Gasteiger partial charge in [-0.25, -0.2) is 0 Å². The standard InChI is InChI=1S/C21H20O6.C12H18.ClH.Ru/c1-26-20-11-14(5-9-18(20)24)3-7-16(22)13-17(23)8-4-15-6-10-19(25)21(12-15)27-2;1-7-8(2)10(4)12(6)11(5)9(7)3;;/h3-13,22,24-25H,1-2H3;1-6H3;1H;/q;;;+2/p-1/b7-3+,8-4+,16-13-;;;. The largest absolute Gasteiger partial charge is 2.00 e. The van der Waals surface area contributed by atoms with Gasteiger partial charge in [-0.15, -0.1) is 0 Å². The van der Waals surface area contributed by atoms with Crippen molar-refractivity contribution in [3.05, 3.63) is 107 Å². The van der Waals surface area contributed by atoms with Crippen molar-refractivity contribution in [3.8, 4) is 23.0 Å². The third-order valence-electron chi connectivity index (χ3n) is 6.96. The Balaban J connectivity index is 0.000000966. The van der Waals surface area contributed by atoms with Crippen molar-refractivity contribution in [2.24, 2.45) is 0 Å². The zero-order chi connectivity index (χ0) is 29.3. The Morgan fingerprint density at radius 1 is 0.659 bits per heavy atom. The summed E-state index contributed by atoms with van der Waals surface area (Å²) in [4.78, 5) is 11.9. The molecule has 220 valence electrons. The maximum absolute atomic E-state index is 11.9. The van der Waals surface area contributed by atoms with Crippen LogP contribution in [0.4, 0.5) is 0 Å². The molecule has 0 amide bonds. The number of hydrogen-bond acceptors (Lipinski definition) is 6. The minimum absolute atomic E-state index is 0. The van der Waals surface area contributed by atoms with Gasteiger partial charge < -0.3 is 37.2 Å².